The minimum atomic E-state index is -0.356. The van der Waals surface area contributed by atoms with Crippen LogP contribution in [-0.2, 0) is 0 Å². The molecular weight excluding hydrogens is 194 g/mol. The van der Waals surface area contributed by atoms with Gasteiger partial charge in [0.05, 0.1) is 5.02 Å². The Balaban J connectivity index is 0.000000561. The highest BCUT2D eigenvalue weighted by molar-refractivity contribution is 7.27. The molecule has 0 saturated carbocycles. The van der Waals surface area contributed by atoms with Crippen LogP contribution in [0.1, 0.15) is 19.4 Å². The average Bonchev–Trinajstić information content (AvgIpc) is 2.12. The van der Waals surface area contributed by atoms with Crippen LogP contribution in [0.3, 0.4) is 0 Å². The molecule has 1 aromatic carbocycles. The number of hydrogen-bond donors (Lipinski definition) is 0. The van der Waals surface area contributed by atoms with E-state index < -0.39 is 0 Å². The number of benzene rings is 1. The molecule has 12 heavy (non-hydrogen) atoms. The second-order valence-corrected chi connectivity index (χ2v) is 3.08. The Labute approximate surface area is 80.3 Å². The van der Waals surface area contributed by atoms with Gasteiger partial charge < -0.3 is 0 Å². The molecule has 0 radical (unpaired) electrons. The Hall–Kier alpha value is -0.130. The van der Waals surface area contributed by atoms with Gasteiger partial charge in [0.1, 0.15) is 5.82 Å². The average molecular weight is 207 g/mol. The van der Waals surface area contributed by atoms with E-state index in [-0.39, 0.29) is 10.8 Å². The molecule has 0 fully saturated rings. The van der Waals surface area contributed by atoms with E-state index in [2.05, 4.69) is 9.24 Å². The van der Waals surface area contributed by atoms with Crippen molar-refractivity contribution in [2.24, 2.45) is 0 Å². The SMILES string of the molecule is CC.Cc1c(P)ccc(F)c1Cl. The van der Waals surface area contributed by atoms with Crippen LogP contribution in [0.15, 0.2) is 12.1 Å². The largest absolute Gasteiger partial charge is 0.205 e. The Bertz CT molecular complexity index is 234. The highest BCUT2D eigenvalue weighted by Gasteiger charge is 2.03. The van der Waals surface area contributed by atoms with Gasteiger partial charge in [0.2, 0.25) is 0 Å². The Morgan fingerprint density at radius 3 is 2.25 bits per heavy atom. The first kappa shape index (κ1) is 11.9. The van der Waals surface area contributed by atoms with E-state index in [1.807, 2.05) is 13.8 Å². The van der Waals surface area contributed by atoms with E-state index >= 15 is 0 Å². The van der Waals surface area contributed by atoms with Gasteiger partial charge in [-0.2, -0.15) is 0 Å². The monoisotopic (exact) mass is 206 g/mol. The minimum absolute atomic E-state index is 0.215. The highest BCUT2D eigenvalue weighted by Crippen LogP contribution is 2.17. The maximum atomic E-state index is 12.6. The van der Waals surface area contributed by atoms with Crippen LogP contribution in [-0.4, -0.2) is 0 Å². The second-order valence-electron chi connectivity index (χ2n) is 2.08. The van der Waals surface area contributed by atoms with Crippen molar-refractivity contribution < 1.29 is 4.39 Å². The summed E-state index contributed by atoms with van der Waals surface area (Å²) in [4.78, 5) is 0. The zero-order valence-electron chi connectivity index (χ0n) is 7.49. The molecule has 0 amide bonds. The van der Waals surface area contributed by atoms with Crippen molar-refractivity contribution in [1.29, 1.82) is 0 Å². The molecular formula is C9H13ClFP. The molecule has 1 aromatic rings. The summed E-state index contributed by atoms with van der Waals surface area (Å²) < 4.78 is 12.6. The van der Waals surface area contributed by atoms with Crippen molar-refractivity contribution in [2.45, 2.75) is 20.8 Å². The molecule has 68 valence electrons. The van der Waals surface area contributed by atoms with E-state index in [9.17, 15) is 4.39 Å². The molecule has 3 heteroatoms. The summed E-state index contributed by atoms with van der Waals surface area (Å²) in [6.07, 6.45) is 0. The van der Waals surface area contributed by atoms with Gasteiger partial charge in [-0.1, -0.05) is 31.5 Å². The van der Waals surface area contributed by atoms with Gasteiger partial charge in [0, 0.05) is 0 Å². The van der Waals surface area contributed by atoms with Crippen molar-refractivity contribution in [1.82, 2.24) is 0 Å². The van der Waals surface area contributed by atoms with E-state index in [1.165, 1.54) is 6.07 Å². The molecule has 1 rings (SSSR count). The molecule has 0 nitrogen and oxygen atoms in total. The lowest BCUT2D eigenvalue weighted by molar-refractivity contribution is 0.627. The summed E-state index contributed by atoms with van der Waals surface area (Å²) in [5, 5.41) is 1.15. The molecule has 0 bridgehead atoms. The van der Waals surface area contributed by atoms with Crippen LogP contribution in [0.25, 0.3) is 0 Å². The molecule has 1 atom stereocenters. The van der Waals surface area contributed by atoms with Crippen molar-refractivity contribution in [2.75, 3.05) is 0 Å². The molecule has 0 spiro atoms. The lowest BCUT2D eigenvalue weighted by atomic mass is 10.2. The molecule has 0 heterocycles. The minimum Gasteiger partial charge on any atom is -0.205 e. The number of halogens is 2. The molecule has 0 aromatic heterocycles. The van der Waals surface area contributed by atoms with Crippen LogP contribution in [0.5, 0.6) is 0 Å². The zero-order valence-corrected chi connectivity index (χ0v) is 9.40. The van der Waals surface area contributed by atoms with Crippen molar-refractivity contribution in [3.8, 4) is 0 Å². The first-order valence-electron chi connectivity index (χ1n) is 3.83. The van der Waals surface area contributed by atoms with Crippen LogP contribution >= 0.6 is 20.8 Å². The van der Waals surface area contributed by atoms with Gasteiger partial charge in [0.15, 0.2) is 0 Å². The van der Waals surface area contributed by atoms with Crippen LogP contribution in [0.4, 0.5) is 4.39 Å². The molecule has 1 unspecified atom stereocenters. The Morgan fingerprint density at radius 2 is 1.83 bits per heavy atom. The van der Waals surface area contributed by atoms with Gasteiger partial charge in [-0.25, -0.2) is 4.39 Å². The van der Waals surface area contributed by atoms with E-state index in [1.54, 1.807) is 13.0 Å². The highest BCUT2D eigenvalue weighted by atomic mass is 35.5. The van der Waals surface area contributed by atoms with Gasteiger partial charge in [-0.05, 0) is 23.9 Å². The smallest absolute Gasteiger partial charge is 0.142 e. The predicted octanol–water partition coefficient (Wildman–Crippen LogP) is 3.31. The standard InChI is InChI=1S/C7H7ClFP.C2H6/c1-4-6(10)3-2-5(9)7(4)8;1-2/h2-3H,10H2,1H3;1-2H3. The molecule has 0 aliphatic carbocycles. The third-order valence-corrected chi connectivity index (χ3v) is 2.47. The summed E-state index contributed by atoms with van der Waals surface area (Å²) in [5.41, 5.74) is 0.784. The number of hydrogen-bond acceptors (Lipinski definition) is 0. The maximum absolute atomic E-state index is 12.6. The molecule has 0 aliphatic heterocycles. The lowest BCUT2D eigenvalue weighted by Crippen LogP contribution is -1.98. The third kappa shape index (κ3) is 2.73. The normalized spacial score (nSPS) is 8.83. The maximum Gasteiger partial charge on any atom is 0.142 e. The van der Waals surface area contributed by atoms with E-state index in [4.69, 9.17) is 11.6 Å². The molecule has 0 N–H and O–H groups in total. The van der Waals surface area contributed by atoms with Crippen LogP contribution < -0.4 is 5.30 Å². The fourth-order valence-electron chi connectivity index (χ4n) is 0.667. The summed E-state index contributed by atoms with van der Waals surface area (Å²) >= 11 is 5.59. The molecule has 0 saturated heterocycles. The van der Waals surface area contributed by atoms with Gasteiger partial charge in [-0.3, -0.25) is 0 Å². The zero-order chi connectivity index (χ0) is 9.72. The number of rotatable bonds is 0. The fourth-order valence-corrected chi connectivity index (χ4v) is 1.17. The van der Waals surface area contributed by atoms with Gasteiger partial charge in [0.25, 0.3) is 0 Å². The van der Waals surface area contributed by atoms with E-state index in [0.29, 0.717) is 0 Å². The van der Waals surface area contributed by atoms with Crippen LogP contribution in [0, 0.1) is 12.7 Å². The van der Waals surface area contributed by atoms with Gasteiger partial charge >= 0.3 is 0 Å². The van der Waals surface area contributed by atoms with Crippen molar-refractivity contribution >= 4 is 26.1 Å². The fraction of sp³-hybridized carbons (Fsp3) is 0.333. The summed E-state index contributed by atoms with van der Waals surface area (Å²) in [6.45, 7) is 5.79. The van der Waals surface area contributed by atoms with E-state index in [0.717, 1.165) is 10.9 Å². The second kappa shape index (κ2) is 5.50. The first-order chi connectivity index (χ1) is 5.63. The lowest BCUT2D eigenvalue weighted by Gasteiger charge is -2.01. The first-order valence-corrected chi connectivity index (χ1v) is 4.78. The summed E-state index contributed by atoms with van der Waals surface area (Å²) in [5.74, 6) is -0.356. The topological polar surface area (TPSA) is 0 Å². The quantitative estimate of drug-likeness (QED) is 0.572. The molecule has 0 aliphatic rings. The summed E-state index contributed by atoms with van der Waals surface area (Å²) in [7, 11) is 2.49. The predicted molar refractivity (Wildman–Crippen MR) is 56.8 cm³/mol. The Morgan fingerprint density at radius 1 is 1.33 bits per heavy atom. The Kier molecular flexibility index (Phi) is 5.44. The van der Waals surface area contributed by atoms with Crippen LogP contribution in [0.2, 0.25) is 5.02 Å². The van der Waals surface area contributed by atoms with Gasteiger partial charge in [-0.15, -0.1) is 9.24 Å². The summed E-state index contributed by atoms with van der Waals surface area (Å²) in [6, 6.07) is 3.04. The van der Waals surface area contributed by atoms with Crippen molar-refractivity contribution in [3.05, 3.63) is 28.5 Å². The third-order valence-electron chi connectivity index (χ3n) is 1.38. The van der Waals surface area contributed by atoms with Crippen molar-refractivity contribution in [3.63, 3.8) is 0 Å².